The van der Waals surface area contributed by atoms with E-state index in [1.807, 2.05) is 67.6 Å². The molecule has 0 aliphatic carbocycles. The third-order valence-electron chi connectivity index (χ3n) is 5.33. The molecule has 5 heteroatoms. The minimum absolute atomic E-state index is 0.0437. The largest absolute Gasteiger partial charge is 0.369 e. The van der Waals surface area contributed by atoms with Crippen molar-refractivity contribution in [3.8, 4) is 0 Å². The molecule has 0 aromatic heterocycles. The Morgan fingerprint density at radius 1 is 1.04 bits per heavy atom. The number of likely N-dealkylation sites (tertiary alicyclic amines) is 1. The lowest BCUT2D eigenvalue weighted by molar-refractivity contribution is -0.130. The molecule has 2 atom stereocenters. The maximum absolute atomic E-state index is 13.0. The zero-order valence-corrected chi connectivity index (χ0v) is 15.7. The van der Waals surface area contributed by atoms with Crippen LogP contribution in [0.4, 0.5) is 0 Å². The zero-order valence-electron chi connectivity index (χ0n) is 15.7. The van der Waals surface area contributed by atoms with Crippen molar-refractivity contribution < 1.29 is 9.59 Å². The Balaban J connectivity index is 1.75. The van der Waals surface area contributed by atoms with Crippen molar-refractivity contribution in [2.45, 2.75) is 31.8 Å². The van der Waals surface area contributed by atoms with E-state index in [1.54, 1.807) is 0 Å². The van der Waals surface area contributed by atoms with Crippen molar-refractivity contribution in [1.82, 2.24) is 10.2 Å². The number of piperidine rings is 1. The lowest BCUT2D eigenvalue weighted by atomic mass is 9.95. The average molecular weight is 365 g/mol. The van der Waals surface area contributed by atoms with Gasteiger partial charge in [-0.3, -0.25) is 14.5 Å². The van der Waals surface area contributed by atoms with Gasteiger partial charge in [0.2, 0.25) is 11.8 Å². The molecule has 1 aliphatic rings. The fourth-order valence-electron chi connectivity index (χ4n) is 3.67. The van der Waals surface area contributed by atoms with Gasteiger partial charge < -0.3 is 11.1 Å². The number of nitrogens with zero attached hydrogens (tertiary/aromatic N) is 1. The van der Waals surface area contributed by atoms with Gasteiger partial charge in [-0.25, -0.2) is 0 Å². The summed E-state index contributed by atoms with van der Waals surface area (Å²) < 4.78 is 0. The number of carbonyl (C=O) groups is 2. The van der Waals surface area contributed by atoms with Crippen LogP contribution in [0.5, 0.6) is 0 Å². The van der Waals surface area contributed by atoms with Crippen LogP contribution in [0.15, 0.2) is 60.7 Å². The van der Waals surface area contributed by atoms with Crippen molar-refractivity contribution in [3.63, 3.8) is 0 Å². The second kappa shape index (κ2) is 8.82. The Labute approximate surface area is 160 Å². The maximum Gasteiger partial charge on any atom is 0.237 e. The van der Waals surface area contributed by atoms with Crippen LogP contribution in [0.25, 0.3) is 0 Å². The van der Waals surface area contributed by atoms with E-state index < -0.39 is 0 Å². The molecule has 0 spiro atoms. The summed E-state index contributed by atoms with van der Waals surface area (Å²) >= 11 is 0. The van der Waals surface area contributed by atoms with Gasteiger partial charge in [-0.05, 0) is 37.4 Å². The van der Waals surface area contributed by atoms with Gasteiger partial charge in [0.15, 0.2) is 0 Å². The molecule has 27 heavy (non-hydrogen) atoms. The Hall–Kier alpha value is -2.66. The van der Waals surface area contributed by atoms with E-state index in [0.29, 0.717) is 6.54 Å². The van der Waals surface area contributed by atoms with Gasteiger partial charge in [-0.15, -0.1) is 0 Å². The third kappa shape index (κ3) is 4.74. The Morgan fingerprint density at radius 2 is 1.59 bits per heavy atom. The van der Waals surface area contributed by atoms with E-state index in [1.165, 1.54) is 0 Å². The molecule has 1 aliphatic heterocycles. The minimum Gasteiger partial charge on any atom is -0.369 e. The molecular formula is C22H27N3O2. The number of hydrogen-bond donors (Lipinski definition) is 2. The summed E-state index contributed by atoms with van der Waals surface area (Å²) in [5.41, 5.74) is 7.55. The van der Waals surface area contributed by atoms with Crippen molar-refractivity contribution in [2.24, 2.45) is 11.7 Å². The first-order valence-electron chi connectivity index (χ1n) is 9.50. The van der Waals surface area contributed by atoms with Crippen molar-refractivity contribution in [2.75, 3.05) is 13.1 Å². The van der Waals surface area contributed by atoms with Gasteiger partial charge in [0, 0.05) is 6.54 Å². The molecule has 3 rings (SSSR count). The zero-order chi connectivity index (χ0) is 19.2. The first kappa shape index (κ1) is 19.1. The van der Waals surface area contributed by atoms with Gasteiger partial charge >= 0.3 is 0 Å². The summed E-state index contributed by atoms with van der Waals surface area (Å²) in [6, 6.07) is 19.4. The topological polar surface area (TPSA) is 75.4 Å². The first-order chi connectivity index (χ1) is 13.1. The van der Waals surface area contributed by atoms with Gasteiger partial charge in [0.1, 0.15) is 0 Å². The SMILES string of the molecule is C[C@H](C(=O)NC(c1ccccc1)c1ccccc1)N1CCC[C@H](C(N)=O)C1. The molecule has 5 nitrogen and oxygen atoms in total. The molecule has 1 fully saturated rings. The van der Waals surface area contributed by atoms with Crippen molar-refractivity contribution in [1.29, 1.82) is 0 Å². The second-order valence-electron chi connectivity index (χ2n) is 7.18. The van der Waals surface area contributed by atoms with Gasteiger partial charge in [0.05, 0.1) is 18.0 Å². The predicted octanol–water partition coefficient (Wildman–Crippen LogP) is 2.48. The minimum atomic E-state index is -0.318. The van der Waals surface area contributed by atoms with E-state index in [4.69, 9.17) is 5.73 Å². The van der Waals surface area contributed by atoms with Gasteiger partial charge in [0.25, 0.3) is 0 Å². The Kier molecular flexibility index (Phi) is 6.24. The summed E-state index contributed by atoms with van der Waals surface area (Å²) in [5, 5.41) is 3.19. The first-order valence-corrected chi connectivity index (χ1v) is 9.50. The maximum atomic E-state index is 13.0. The smallest absolute Gasteiger partial charge is 0.237 e. The molecule has 2 aromatic carbocycles. The lowest BCUT2D eigenvalue weighted by Gasteiger charge is -2.35. The van der Waals surface area contributed by atoms with Crippen LogP contribution in [0, 0.1) is 5.92 Å². The second-order valence-corrected chi connectivity index (χ2v) is 7.18. The fraction of sp³-hybridized carbons (Fsp3) is 0.364. The summed E-state index contributed by atoms with van der Waals surface area (Å²) in [7, 11) is 0. The number of nitrogens with two attached hydrogens (primary N) is 1. The number of rotatable bonds is 6. The highest BCUT2D eigenvalue weighted by atomic mass is 16.2. The average Bonchev–Trinajstić information content (AvgIpc) is 2.72. The molecule has 1 saturated heterocycles. The van der Waals surface area contributed by atoms with Gasteiger partial charge in [-0.1, -0.05) is 60.7 Å². The number of hydrogen-bond acceptors (Lipinski definition) is 3. The quantitative estimate of drug-likeness (QED) is 0.826. The number of carbonyl (C=O) groups excluding carboxylic acids is 2. The van der Waals surface area contributed by atoms with E-state index >= 15 is 0 Å². The molecule has 1 heterocycles. The molecule has 0 saturated carbocycles. The van der Waals surface area contributed by atoms with Crippen LogP contribution in [0.3, 0.4) is 0 Å². The molecule has 0 radical (unpaired) electrons. The summed E-state index contributed by atoms with van der Waals surface area (Å²) in [6.45, 7) is 3.25. The number of amides is 2. The molecule has 142 valence electrons. The highest BCUT2D eigenvalue weighted by Crippen LogP contribution is 2.23. The van der Waals surface area contributed by atoms with E-state index in [2.05, 4.69) is 10.2 Å². The normalized spacial score (nSPS) is 18.8. The lowest BCUT2D eigenvalue weighted by Crippen LogP contribution is -2.51. The van der Waals surface area contributed by atoms with Crippen LogP contribution in [-0.2, 0) is 9.59 Å². The van der Waals surface area contributed by atoms with Gasteiger partial charge in [-0.2, -0.15) is 0 Å². The monoisotopic (exact) mass is 365 g/mol. The molecule has 0 unspecified atom stereocenters. The summed E-state index contributed by atoms with van der Waals surface area (Å²) in [5.74, 6) is -0.496. The summed E-state index contributed by atoms with van der Waals surface area (Å²) in [4.78, 5) is 26.6. The van der Waals surface area contributed by atoms with E-state index in [9.17, 15) is 9.59 Å². The molecule has 3 N–H and O–H groups in total. The highest BCUT2D eigenvalue weighted by Gasteiger charge is 2.30. The van der Waals surface area contributed by atoms with Crippen molar-refractivity contribution >= 4 is 11.8 Å². The van der Waals surface area contributed by atoms with Crippen LogP contribution in [0.1, 0.15) is 36.9 Å². The summed E-state index contributed by atoms with van der Waals surface area (Å²) in [6.07, 6.45) is 1.68. The standard InChI is InChI=1S/C22H27N3O2/c1-16(25-14-8-13-19(15-25)21(23)26)22(27)24-20(17-9-4-2-5-10-17)18-11-6-3-7-12-18/h2-7,9-12,16,19-20H,8,13-15H2,1H3,(H2,23,26)(H,24,27)/t16-,19+/m1/s1. The predicted molar refractivity (Wildman–Crippen MR) is 106 cm³/mol. The van der Waals surface area contributed by atoms with Crippen molar-refractivity contribution in [3.05, 3.63) is 71.8 Å². The fourth-order valence-corrected chi connectivity index (χ4v) is 3.67. The van der Waals surface area contributed by atoms with Crippen LogP contribution in [0.2, 0.25) is 0 Å². The van der Waals surface area contributed by atoms with E-state index in [0.717, 1.165) is 30.5 Å². The highest BCUT2D eigenvalue weighted by molar-refractivity contribution is 5.82. The molecule has 2 aromatic rings. The molecule has 0 bridgehead atoms. The van der Waals surface area contributed by atoms with E-state index in [-0.39, 0.29) is 29.8 Å². The number of benzene rings is 2. The third-order valence-corrected chi connectivity index (χ3v) is 5.33. The molecule has 2 amide bonds. The van der Waals surface area contributed by atoms with Crippen LogP contribution >= 0.6 is 0 Å². The number of nitrogens with one attached hydrogen (secondary N) is 1. The van der Waals surface area contributed by atoms with Crippen LogP contribution < -0.4 is 11.1 Å². The Morgan fingerprint density at radius 3 is 2.11 bits per heavy atom. The van der Waals surface area contributed by atoms with Crippen LogP contribution in [-0.4, -0.2) is 35.8 Å². The molecular weight excluding hydrogens is 338 g/mol. The number of primary amides is 1. The Bertz CT molecular complexity index is 724.